The largest absolute Gasteiger partial charge is 0.497 e. The van der Waals surface area contributed by atoms with Gasteiger partial charge in [0.05, 0.1) is 19.9 Å². The molecule has 0 spiro atoms. The molecule has 2 aromatic carbocycles. The van der Waals surface area contributed by atoms with Crippen molar-refractivity contribution in [2.45, 2.75) is 6.92 Å². The number of benzene rings is 2. The van der Waals surface area contributed by atoms with Crippen LogP contribution in [0.15, 0.2) is 54.6 Å². The molecule has 1 N–H and O–H groups in total. The summed E-state index contributed by atoms with van der Waals surface area (Å²) in [5.41, 5.74) is 1.86. The third kappa shape index (κ3) is 3.85. The normalized spacial score (nSPS) is 10.3. The van der Waals surface area contributed by atoms with Crippen molar-refractivity contribution >= 4 is 23.0 Å². The number of nitrogens with zero attached hydrogens (tertiary/aromatic N) is 3. The van der Waals surface area contributed by atoms with Gasteiger partial charge in [0.15, 0.2) is 0 Å². The maximum absolute atomic E-state index is 5.44. The highest BCUT2D eigenvalue weighted by molar-refractivity contribution is 5.69. The van der Waals surface area contributed by atoms with Gasteiger partial charge >= 0.3 is 0 Å². The van der Waals surface area contributed by atoms with Crippen LogP contribution in [-0.4, -0.2) is 31.2 Å². The Morgan fingerprint density at radius 3 is 2.38 bits per heavy atom. The predicted octanol–water partition coefficient (Wildman–Crippen LogP) is 4.31. The van der Waals surface area contributed by atoms with Gasteiger partial charge in [0.2, 0.25) is 0 Å². The Balaban J connectivity index is 1.91. The number of hydrogen-bond acceptors (Lipinski definition) is 6. The van der Waals surface area contributed by atoms with E-state index in [1.54, 1.807) is 14.2 Å². The van der Waals surface area contributed by atoms with Gasteiger partial charge in [-0.1, -0.05) is 18.2 Å². The van der Waals surface area contributed by atoms with Gasteiger partial charge in [0.25, 0.3) is 0 Å². The number of rotatable bonds is 6. The zero-order chi connectivity index (χ0) is 18.5. The second-order valence-corrected chi connectivity index (χ2v) is 5.74. The van der Waals surface area contributed by atoms with Crippen LogP contribution in [-0.2, 0) is 0 Å². The van der Waals surface area contributed by atoms with E-state index in [2.05, 4.69) is 15.3 Å². The minimum atomic E-state index is 0.679. The summed E-state index contributed by atoms with van der Waals surface area (Å²) in [5, 5.41) is 3.30. The molecule has 0 radical (unpaired) electrons. The lowest BCUT2D eigenvalue weighted by atomic mass is 10.2. The molecule has 6 heteroatoms. The molecule has 0 unspecified atom stereocenters. The average molecular weight is 350 g/mol. The number of para-hydroxylation sites is 1. The summed E-state index contributed by atoms with van der Waals surface area (Å²) in [4.78, 5) is 11.1. The van der Waals surface area contributed by atoms with Crippen LogP contribution in [0, 0.1) is 6.92 Å². The molecule has 0 atom stereocenters. The molecule has 3 aromatic rings. The first-order valence-electron chi connectivity index (χ1n) is 8.24. The summed E-state index contributed by atoms with van der Waals surface area (Å²) in [6, 6.07) is 17.6. The summed E-state index contributed by atoms with van der Waals surface area (Å²) in [6.07, 6.45) is 0. The second-order valence-electron chi connectivity index (χ2n) is 5.74. The predicted molar refractivity (Wildman–Crippen MR) is 104 cm³/mol. The summed E-state index contributed by atoms with van der Waals surface area (Å²) < 4.78 is 10.7. The van der Waals surface area contributed by atoms with E-state index in [9.17, 15) is 0 Å². The highest BCUT2D eigenvalue weighted by Gasteiger charge is 2.11. The van der Waals surface area contributed by atoms with Crippen LogP contribution in [0.25, 0.3) is 0 Å². The number of anilines is 4. The molecule has 0 saturated heterocycles. The van der Waals surface area contributed by atoms with Gasteiger partial charge in [-0.25, -0.2) is 9.97 Å². The fourth-order valence-corrected chi connectivity index (χ4v) is 2.61. The van der Waals surface area contributed by atoms with E-state index < -0.39 is 0 Å². The van der Waals surface area contributed by atoms with Crippen LogP contribution in [0.5, 0.6) is 11.5 Å². The number of nitrogens with one attached hydrogen (secondary N) is 1. The van der Waals surface area contributed by atoms with E-state index in [1.807, 2.05) is 73.5 Å². The third-order valence-electron chi connectivity index (χ3n) is 3.98. The Bertz CT molecular complexity index is 884. The molecular formula is C20H22N4O2. The lowest BCUT2D eigenvalue weighted by Gasteiger charge is -2.20. The van der Waals surface area contributed by atoms with Crippen molar-refractivity contribution < 1.29 is 9.47 Å². The summed E-state index contributed by atoms with van der Waals surface area (Å²) >= 11 is 0. The summed E-state index contributed by atoms with van der Waals surface area (Å²) in [6.45, 7) is 1.87. The Hall–Kier alpha value is -3.28. The Morgan fingerprint density at radius 1 is 0.923 bits per heavy atom. The Labute approximate surface area is 153 Å². The number of methoxy groups -OCH3 is 2. The van der Waals surface area contributed by atoms with Gasteiger partial charge in [-0.15, -0.1) is 0 Å². The maximum atomic E-state index is 5.44. The molecule has 0 saturated carbocycles. The summed E-state index contributed by atoms with van der Waals surface area (Å²) in [7, 11) is 5.23. The van der Waals surface area contributed by atoms with Gasteiger partial charge in [-0.05, 0) is 31.2 Å². The molecular weight excluding hydrogens is 328 g/mol. The molecule has 3 rings (SSSR count). The molecule has 134 valence electrons. The van der Waals surface area contributed by atoms with Crippen molar-refractivity contribution in [1.29, 1.82) is 0 Å². The lowest BCUT2D eigenvalue weighted by Crippen LogP contribution is -2.13. The van der Waals surface area contributed by atoms with E-state index in [4.69, 9.17) is 9.47 Å². The van der Waals surface area contributed by atoms with Crippen LogP contribution in [0.4, 0.5) is 23.0 Å². The van der Waals surface area contributed by atoms with Gasteiger partial charge in [-0.3, -0.25) is 0 Å². The second kappa shape index (κ2) is 7.74. The molecule has 0 aliphatic rings. The van der Waals surface area contributed by atoms with Gasteiger partial charge < -0.3 is 19.7 Å². The van der Waals surface area contributed by atoms with Crippen molar-refractivity contribution in [2.75, 3.05) is 31.5 Å². The molecule has 0 fully saturated rings. The fraction of sp³-hybridized carbons (Fsp3) is 0.200. The van der Waals surface area contributed by atoms with Gasteiger partial charge in [0.1, 0.15) is 29.0 Å². The first-order chi connectivity index (χ1) is 12.6. The maximum Gasteiger partial charge on any atom is 0.146 e. The van der Waals surface area contributed by atoms with Crippen molar-refractivity contribution in [3.8, 4) is 11.5 Å². The first kappa shape index (κ1) is 17.5. The number of aryl methyl sites for hydroxylation is 1. The highest BCUT2D eigenvalue weighted by atomic mass is 16.5. The molecule has 0 aliphatic heterocycles. The van der Waals surface area contributed by atoms with E-state index in [-0.39, 0.29) is 0 Å². The standard InChI is InChI=1S/C20H22N4O2/c1-14-21-19(23-17-11-10-16(25-3)12-18(17)26-4)13-20(22-14)24(2)15-8-6-5-7-9-15/h5-13H,1-4H3,(H,21,22,23). The van der Waals surface area contributed by atoms with Crippen molar-refractivity contribution in [3.05, 3.63) is 60.4 Å². The molecule has 0 bridgehead atoms. The molecule has 0 amide bonds. The number of aromatic nitrogens is 2. The van der Waals surface area contributed by atoms with Crippen molar-refractivity contribution in [1.82, 2.24) is 9.97 Å². The minimum absolute atomic E-state index is 0.679. The smallest absolute Gasteiger partial charge is 0.146 e. The Kier molecular flexibility index (Phi) is 5.22. The van der Waals surface area contributed by atoms with Crippen molar-refractivity contribution in [2.24, 2.45) is 0 Å². The SMILES string of the molecule is COc1ccc(Nc2cc(N(C)c3ccccc3)nc(C)n2)c(OC)c1. The highest BCUT2D eigenvalue weighted by Crippen LogP contribution is 2.32. The van der Waals surface area contributed by atoms with Gasteiger partial charge in [0, 0.05) is 24.9 Å². The lowest BCUT2D eigenvalue weighted by molar-refractivity contribution is 0.395. The molecule has 26 heavy (non-hydrogen) atoms. The molecule has 1 heterocycles. The topological polar surface area (TPSA) is 59.5 Å². The van der Waals surface area contributed by atoms with E-state index in [0.717, 1.165) is 22.9 Å². The minimum Gasteiger partial charge on any atom is -0.497 e. The monoisotopic (exact) mass is 350 g/mol. The van der Waals surface area contributed by atoms with E-state index in [0.29, 0.717) is 17.4 Å². The Morgan fingerprint density at radius 2 is 1.69 bits per heavy atom. The molecule has 0 aliphatic carbocycles. The van der Waals surface area contributed by atoms with Crippen LogP contribution in [0.2, 0.25) is 0 Å². The quantitative estimate of drug-likeness (QED) is 0.715. The fourth-order valence-electron chi connectivity index (χ4n) is 2.61. The van der Waals surface area contributed by atoms with Crippen LogP contribution in [0.3, 0.4) is 0 Å². The van der Waals surface area contributed by atoms with Crippen LogP contribution < -0.4 is 19.7 Å². The zero-order valence-corrected chi connectivity index (χ0v) is 15.4. The van der Waals surface area contributed by atoms with Crippen molar-refractivity contribution in [3.63, 3.8) is 0 Å². The van der Waals surface area contributed by atoms with E-state index in [1.165, 1.54) is 0 Å². The third-order valence-corrected chi connectivity index (χ3v) is 3.98. The molecule has 1 aromatic heterocycles. The van der Waals surface area contributed by atoms with Crippen LogP contribution >= 0.6 is 0 Å². The van der Waals surface area contributed by atoms with Gasteiger partial charge in [-0.2, -0.15) is 0 Å². The van der Waals surface area contributed by atoms with E-state index >= 15 is 0 Å². The average Bonchev–Trinajstić information content (AvgIpc) is 2.68. The zero-order valence-electron chi connectivity index (χ0n) is 15.4. The molecule has 6 nitrogen and oxygen atoms in total. The number of ether oxygens (including phenoxy) is 2. The number of hydrogen-bond donors (Lipinski definition) is 1. The van der Waals surface area contributed by atoms with Crippen LogP contribution in [0.1, 0.15) is 5.82 Å². The first-order valence-corrected chi connectivity index (χ1v) is 8.24. The summed E-state index contributed by atoms with van der Waals surface area (Å²) in [5.74, 6) is 3.59.